The molecule has 1 aliphatic heterocycles. The Morgan fingerprint density at radius 1 is 1.14 bits per heavy atom. The number of carbonyl (C=O) groups is 3. The zero-order chi connectivity index (χ0) is 20.1. The van der Waals surface area contributed by atoms with Crippen molar-refractivity contribution in [3.63, 3.8) is 0 Å². The van der Waals surface area contributed by atoms with Gasteiger partial charge in [0.2, 0.25) is 11.8 Å². The van der Waals surface area contributed by atoms with Gasteiger partial charge < -0.3 is 20.1 Å². The molecule has 2 aromatic rings. The van der Waals surface area contributed by atoms with Crippen molar-refractivity contribution < 1.29 is 24.2 Å². The van der Waals surface area contributed by atoms with Gasteiger partial charge in [-0.3, -0.25) is 9.59 Å². The summed E-state index contributed by atoms with van der Waals surface area (Å²) in [5.74, 6) is -1.38. The molecule has 7 heteroatoms. The molecule has 2 aromatic carbocycles. The van der Waals surface area contributed by atoms with Crippen LogP contribution in [0.3, 0.4) is 0 Å². The van der Waals surface area contributed by atoms with E-state index < -0.39 is 18.5 Å². The van der Waals surface area contributed by atoms with Gasteiger partial charge in [-0.1, -0.05) is 19.1 Å². The van der Waals surface area contributed by atoms with Gasteiger partial charge >= 0.3 is 5.97 Å². The molecule has 7 nitrogen and oxygen atoms in total. The number of carboxylic acids is 1. The number of anilines is 2. The second kappa shape index (κ2) is 8.56. The SMILES string of the molecule is CCc1ccc(N2CC(C(=O)Nc3ccc(OCC(=O)O)cc3)CC2=O)cc1. The average molecular weight is 382 g/mol. The lowest BCUT2D eigenvalue weighted by molar-refractivity contribution is -0.139. The van der Waals surface area contributed by atoms with Crippen molar-refractivity contribution in [1.29, 1.82) is 0 Å². The monoisotopic (exact) mass is 382 g/mol. The summed E-state index contributed by atoms with van der Waals surface area (Å²) < 4.78 is 5.06. The van der Waals surface area contributed by atoms with Crippen LogP contribution in [0, 0.1) is 5.92 Å². The Bertz CT molecular complexity index is 861. The third-order valence-corrected chi connectivity index (χ3v) is 4.64. The molecule has 2 amide bonds. The number of nitrogens with one attached hydrogen (secondary N) is 1. The van der Waals surface area contributed by atoms with E-state index in [4.69, 9.17) is 9.84 Å². The standard InChI is InChI=1S/C21H22N2O5/c1-2-14-3-7-17(8-4-14)23-12-15(11-19(23)24)21(27)22-16-5-9-18(10-6-16)28-13-20(25)26/h3-10,15H,2,11-13H2,1H3,(H,22,27)(H,25,26). The van der Waals surface area contributed by atoms with Crippen molar-refractivity contribution in [1.82, 2.24) is 0 Å². The summed E-state index contributed by atoms with van der Waals surface area (Å²) in [4.78, 5) is 37.0. The molecule has 1 unspecified atom stereocenters. The van der Waals surface area contributed by atoms with Gasteiger partial charge in [-0.05, 0) is 48.4 Å². The fourth-order valence-corrected chi connectivity index (χ4v) is 3.07. The minimum Gasteiger partial charge on any atom is -0.482 e. The highest BCUT2D eigenvalue weighted by Crippen LogP contribution is 2.26. The summed E-state index contributed by atoms with van der Waals surface area (Å²) in [6, 6.07) is 14.2. The van der Waals surface area contributed by atoms with Crippen LogP contribution in [0.2, 0.25) is 0 Å². The lowest BCUT2D eigenvalue weighted by Crippen LogP contribution is -2.28. The summed E-state index contributed by atoms with van der Waals surface area (Å²) in [6.45, 7) is 1.99. The van der Waals surface area contributed by atoms with Crippen molar-refractivity contribution in [3.8, 4) is 5.75 Å². The van der Waals surface area contributed by atoms with Crippen LogP contribution in [0.4, 0.5) is 11.4 Å². The van der Waals surface area contributed by atoms with Gasteiger partial charge in [0.05, 0.1) is 5.92 Å². The first-order valence-corrected chi connectivity index (χ1v) is 9.11. The van der Waals surface area contributed by atoms with Crippen LogP contribution in [0.5, 0.6) is 5.75 Å². The summed E-state index contributed by atoms with van der Waals surface area (Å²) in [5, 5.41) is 11.4. The Morgan fingerprint density at radius 2 is 1.82 bits per heavy atom. The summed E-state index contributed by atoms with van der Waals surface area (Å²) in [5.41, 5.74) is 2.56. The molecule has 2 N–H and O–H groups in total. The summed E-state index contributed by atoms with van der Waals surface area (Å²) in [6.07, 6.45) is 1.10. The van der Waals surface area contributed by atoms with Crippen LogP contribution in [-0.2, 0) is 20.8 Å². The zero-order valence-corrected chi connectivity index (χ0v) is 15.6. The van der Waals surface area contributed by atoms with E-state index in [0.29, 0.717) is 18.0 Å². The molecule has 1 fully saturated rings. The summed E-state index contributed by atoms with van der Waals surface area (Å²) in [7, 11) is 0. The van der Waals surface area contributed by atoms with E-state index >= 15 is 0 Å². The first-order valence-electron chi connectivity index (χ1n) is 9.11. The highest BCUT2D eigenvalue weighted by molar-refractivity contribution is 6.03. The number of aryl methyl sites for hydroxylation is 1. The summed E-state index contributed by atoms with van der Waals surface area (Å²) >= 11 is 0. The van der Waals surface area contributed by atoms with E-state index in [1.54, 1.807) is 29.2 Å². The Morgan fingerprint density at radius 3 is 2.43 bits per heavy atom. The molecule has 28 heavy (non-hydrogen) atoms. The molecular weight excluding hydrogens is 360 g/mol. The molecule has 1 atom stereocenters. The predicted octanol–water partition coefficient (Wildman–Crippen LogP) is 2.70. The number of carbonyl (C=O) groups excluding carboxylic acids is 2. The lowest BCUT2D eigenvalue weighted by Gasteiger charge is -2.17. The maximum atomic E-state index is 12.5. The van der Waals surface area contributed by atoms with Crippen LogP contribution in [0.1, 0.15) is 18.9 Å². The van der Waals surface area contributed by atoms with Gasteiger partial charge in [0, 0.05) is 24.3 Å². The van der Waals surface area contributed by atoms with Gasteiger partial charge in [-0.2, -0.15) is 0 Å². The van der Waals surface area contributed by atoms with Crippen LogP contribution >= 0.6 is 0 Å². The number of amides is 2. The molecule has 0 saturated carbocycles. The lowest BCUT2D eigenvalue weighted by atomic mass is 10.1. The van der Waals surface area contributed by atoms with Gasteiger partial charge in [-0.15, -0.1) is 0 Å². The van der Waals surface area contributed by atoms with Gasteiger partial charge in [0.1, 0.15) is 5.75 Å². The van der Waals surface area contributed by atoms with E-state index in [1.165, 1.54) is 5.56 Å². The number of aliphatic carboxylic acids is 1. The smallest absolute Gasteiger partial charge is 0.341 e. The molecular formula is C21H22N2O5. The number of rotatable bonds is 7. The molecule has 146 valence electrons. The quantitative estimate of drug-likeness (QED) is 0.768. The van der Waals surface area contributed by atoms with E-state index in [-0.39, 0.29) is 18.2 Å². The number of carboxylic acid groups (broad SMARTS) is 1. The first-order chi connectivity index (χ1) is 13.5. The molecule has 1 aliphatic rings. The maximum absolute atomic E-state index is 12.5. The topological polar surface area (TPSA) is 95.9 Å². The van der Waals surface area contributed by atoms with Crippen molar-refractivity contribution in [2.24, 2.45) is 5.92 Å². The molecule has 0 bridgehead atoms. The van der Waals surface area contributed by atoms with Crippen molar-refractivity contribution >= 4 is 29.2 Å². The predicted molar refractivity (Wildman–Crippen MR) is 104 cm³/mol. The van der Waals surface area contributed by atoms with Crippen LogP contribution < -0.4 is 15.0 Å². The third kappa shape index (κ3) is 4.68. The Kier molecular flexibility index (Phi) is 5.93. The molecule has 1 saturated heterocycles. The number of hydrogen-bond donors (Lipinski definition) is 2. The molecule has 3 rings (SSSR count). The van der Waals surface area contributed by atoms with Crippen molar-refractivity contribution in [2.45, 2.75) is 19.8 Å². The fraction of sp³-hybridized carbons (Fsp3) is 0.286. The molecule has 0 aliphatic carbocycles. The average Bonchev–Trinajstić information content (AvgIpc) is 3.09. The van der Waals surface area contributed by atoms with E-state index in [1.807, 2.05) is 24.3 Å². The highest BCUT2D eigenvalue weighted by Gasteiger charge is 2.35. The van der Waals surface area contributed by atoms with Gasteiger partial charge in [0.15, 0.2) is 6.61 Å². The van der Waals surface area contributed by atoms with Crippen LogP contribution in [0.15, 0.2) is 48.5 Å². The van der Waals surface area contributed by atoms with Crippen LogP contribution in [-0.4, -0.2) is 36.0 Å². The first kappa shape index (κ1) is 19.4. The Hall–Kier alpha value is -3.35. The van der Waals surface area contributed by atoms with E-state index in [2.05, 4.69) is 12.2 Å². The number of ether oxygens (including phenoxy) is 1. The molecule has 0 radical (unpaired) electrons. The zero-order valence-electron chi connectivity index (χ0n) is 15.6. The highest BCUT2D eigenvalue weighted by atomic mass is 16.5. The van der Waals surface area contributed by atoms with Gasteiger partial charge in [0.25, 0.3) is 0 Å². The van der Waals surface area contributed by atoms with Crippen molar-refractivity contribution in [3.05, 3.63) is 54.1 Å². The van der Waals surface area contributed by atoms with E-state index in [9.17, 15) is 14.4 Å². The van der Waals surface area contributed by atoms with E-state index in [0.717, 1.165) is 12.1 Å². The largest absolute Gasteiger partial charge is 0.482 e. The molecule has 1 heterocycles. The molecule has 0 spiro atoms. The number of hydrogen-bond acceptors (Lipinski definition) is 4. The second-order valence-corrected chi connectivity index (χ2v) is 6.62. The second-order valence-electron chi connectivity index (χ2n) is 6.62. The number of nitrogens with zero attached hydrogens (tertiary/aromatic N) is 1. The minimum atomic E-state index is -1.06. The minimum absolute atomic E-state index is 0.0678. The number of benzene rings is 2. The Labute approximate surface area is 162 Å². The van der Waals surface area contributed by atoms with Crippen LogP contribution in [0.25, 0.3) is 0 Å². The maximum Gasteiger partial charge on any atom is 0.341 e. The fourth-order valence-electron chi connectivity index (χ4n) is 3.07. The van der Waals surface area contributed by atoms with Gasteiger partial charge in [-0.25, -0.2) is 4.79 Å². The van der Waals surface area contributed by atoms with Crippen molar-refractivity contribution in [2.75, 3.05) is 23.4 Å². The Balaban J connectivity index is 1.58. The molecule has 0 aromatic heterocycles. The third-order valence-electron chi connectivity index (χ3n) is 4.64. The normalized spacial score (nSPS) is 16.1.